The lowest BCUT2D eigenvalue weighted by Gasteiger charge is -2.27. The summed E-state index contributed by atoms with van der Waals surface area (Å²) in [5, 5.41) is 3.29. The van der Waals surface area contributed by atoms with Gasteiger partial charge in [0.1, 0.15) is 0 Å². The lowest BCUT2D eigenvalue weighted by atomic mass is 10.1. The molecule has 2 atom stereocenters. The monoisotopic (exact) mass is 344 g/mol. The molecule has 0 saturated heterocycles. The summed E-state index contributed by atoms with van der Waals surface area (Å²) >= 11 is 3.76. The van der Waals surface area contributed by atoms with Gasteiger partial charge >= 0.3 is 0 Å². The summed E-state index contributed by atoms with van der Waals surface area (Å²) in [5.41, 5.74) is 5.32. The van der Waals surface area contributed by atoms with E-state index in [4.69, 9.17) is 0 Å². The van der Waals surface area contributed by atoms with Crippen LogP contribution in [0.15, 0.2) is 46.9 Å². The molecule has 0 bridgehead atoms. The molecule has 3 heteroatoms. The predicted octanol–water partition coefficient (Wildman–Crippen LogP) is 4.81. The van der Waals surface area contributed by atoms with Gasteiger partial charge in [0.25, 0.3) is 0 Å². The molecule has 0 spiro atoms. The zero-order valence-electron chi connectivity index (χ0n) is 12.7. The first-order valence-corrected chi connectivity index (χ1v) is 8.25. The molecule has 0 saturated carbocycles. The highest BCUT2D eigenvalue weighted by atomic mass is 79.9. The van der Waals surface area contributed by atoms with E-state index in [1.807, 2.05) is 7.05 Å². The van der Waals surface area contributed by atoms with Gasteiger partial charge in [0.15, 0.2) is 0 Å². The van der Waals surface area contributed by atoms with Crippen molar-refractivity contribution in [1.82, 2.24) is 5.32 Å². The summed E-state index contributed by atoms with van der Waals surface area (Å²) in [6, 6.07) is 16.2. The number of hydrogen-bond acceptors (Lipinski definition) is 2. The van der Waals surface area contributed by atoms with Gasteiger partial charge in [-0.1, -0.05) is 24.3 Å². The van der Waals surface area contributed by atoms with Crippen molar-refractivity contribution in [1.29, 1.82) is 0 Å². The van der Waals surface area contributed by atoms with Gasteiger partial charge in [-0.2, -0.15) is 0 Å². The fourth-order valence-electron chi connectivity index (χ4n) is 3.09. The zero-order chi connectivity index (χ0) is 15.0. The summed E-state index contributed by atoms with van der Waals surface area (Å²) < 4.78 is 1.16. The van der Waals surface area contributed by atoms with Crippen LogP contribution in [0.4, 0.5) is 11.4 Å². The van der Waals surface area contributed by atoms with E-state index in [0.29, 0.717) is 12.1 Å². The number of benzene rings is 2. The predicted molar refractivity (Wildman–Crippen MR) is 93.4 cm³/mol. The maximum absolute atomic E-state index is 3.76. The molecule has 2 aromatic carbocycles. The average Bonchev–Trinajstić information content (AvgIpc) is 2.82. The van der Waals surface area contributed by atoms with E-state index in [2.05, 4.69) is 82.5 Å². The smallest absolute Gasteiger partial charge is 0.0558 e. The van der Waals surface area contributed by atoms with E-state index in [9.17, 15) is 0 Å². The minimum atomic E-state index is 0.360. The van der Waals surface area contributed by atoms with Crippen molar-refractivity contribution >= 4 is 27.3 Å². The zero-order valence-corrected chi connectivity index (χ0v) is 14.3. The molecule has 1 N–H and O–H groups in total. The van der Waals surface area contributed by atoms with Gasteiger partial charge in [-0.15, -0.1) is 0 Å². The van der Waals surface area contributed by atoms with Crippen molar-refractivity contribution in [2.45, 2.75) is 32.4 Å². The Bertz CT molecular complexity index is 653. The Morgan fingerprint density at radius 3 is 2.67 bits per heavy atom. The highest BCUT2D eigenvalue weighted by Gasteiger charge is 2.28. The van der Waals surface area contributed by atoms with E-state index in [0.717, 1.165) is 10.9 Å². The molecule has 21 heavy (non-hydrogen) atoms. The molecule has 1 aliphatic rings. The highest BCUT2D eigenvalue weighted by Crippen LogP contribution is 2.41. The van der Waals surface area contributed by atoms with Gasteiger partial charge in [0.05, 0.1) is 5.69 Å². The van der Waals surface area contributed by atoms with Crippen LogP contribution in [0.3, 0.4) is 0 Å². The normalized spacial score (nSPS) is 18.7. The van der Waals surface area contributed by atoms with Gasteiger partial charge in [0.2, 0.25) is 0 Å². The minimum absolute atomic E-state index is 0.360. The highest BCUT2D eigenvalue weighted by molar-refractivity contribution is 9.10. The van der Waals surface area contributed by atoms with Gasteiger partial charge in [0, 0.05) is 22.2 Å². The number of anilines is 2. The Kier molecular flexibility index (Phi) is 4.05. The number of hydrogen-bond donors (Lipinski definition) is 1. The molecular formula is C18H21BrN2. The summed E-state index contributed by atoms with van der Waals surface area (Å²) in [6.45, 7) is 4.46. The van der Waals surface area contributed by atoms with E-state index in [1.54, 1.807) is 0 Å². The van der Waals surface area contributed by atoms with Crippen molar-refractivity contribution in [2.24, 2.45) is 0 Å². The number of nitrogens with zero attached hydrogens (tertiary/aromatic N) is 1. The van der Waals surface area contributed by atoms with E-state index in [1.165, 1.54) is 22.5 Å². The Morgan fingerprint density at radius 1 is 1.19 bits per heavy atom. The van der Waals surface area contributed by atoms with E-state index >= 15 is 0 Å². The van der Waals surface area contributed by atoms with Crippen LogP contribution < -0.4 is 10.2 Å². The first-order valence-electron chi connectivity index (χ1n) is 7.45. The van der Waals surface area contributed by atoms with Crippen LogP contribution in [0.25, 0.3) is 0 Å². The molecule has 0 aliphatic carbocycles. The van der Waals surface area contributed by atoms with Gasteiger partial charge in [-0.25, -0.2) is 0 Å². The minimum Gasteiger partial charge on any atom is -0.337 e. The number of rotatable bonds is 3. The van der Waals surface area contributed by atoms with Gasteiger partial charge < -0.3 is 10.2 Å². The second kappa shape index (κ2) is 5.82. The molecule has 2 aromatic rings. The Balaban J connectivity index is 2.01. The molecule has 2 nitrogen and oxygen atoms in total. The molecule has 110 valence electrons. The summed E-state index contributed by atoms with van der Waals surface area (Å²) in [4.78, 5) is 2.44. The first-order chi connectivity index (χ1) is 10.1. The van der Waals surface area contributed by atoms with E-state index < -0.39 is 0 Å². The molecule has 1 aliphatic heterocycles. The largest absolute Gasteiger partial charge is 0.337 e. The Hall–Kier alpha value is -1.32. The summed E-state index contributed by atoms with van der Waals surface area (Å²) in [5.74, 6) is 0. The molecular weight excluding hydrogens is 324 g/mol. The van der Waals surface area contributed by atoms with Crippen molar-refractivity contribution in [3.8, 4) is 0 Å². The molecule has 0 fully saturated rings. The fraction of sp³-hybridized carbons (Fsp3) is 0.333. The molecule has 1 heterocycles. The standard InChI is InChI=1S/C18H21BrN2/c1-12-10-15-6-4-5-7-17(15)21(12)18-9-8-14(11-16(18)19)13(2)20-3/h4-9,11-13,20H,10H2,1-3H3. The second-order valence-corrected chi connectivity index (χ2v) is 6.63. The molecule has 0 amide bonds. The Morgan fingerprint density at radius 2 is 1.95 bits per heavy atom. The van der Waals surface area contributed by atoms with Crippen molar-refractivity contribution in [3.63, 3.8) is 0 Å². The lowest BCUT2D eigenvalue weighted by Crippen LogP contribution is -2.24. The third-order valence-corrected chi connectivity index (χ3v) is 5.01. The number of para-hydroxylation sites is 1. The number of halogens is 1. The quantitative estimate of drug-likeness (QED) is 0.859. The van der Waals surface area contributed by atoms with Crippen LogP contribution in [-0.4, -0.2) is 13.1 Å². The number of fused-ring (bicyclic) bond motifs is 1. The van der Waals surface area contributed by atoms with Crippen LogP contribution in [0, 0.1) is 0 Å². The van der Waals surface area contributed by atoms with Crippen molar-refractivity contribution in [3.05, 3.63) is 58.1 Å². The van der Waals surface area contributed by atoms with Crippen LogP contribution in [-0.2, 0) is 6.42 Å². The third kappa shape index (κ3) is 2.60. The molecule has 2 unspecified atom stereocenters. The summed E-state index contributed by atoms with van der Waals surface area (Å²) in [6.07, 6.45) is 1.11. The van der Waals surface area contributed by atoms with Gasteiger partial charge in [-0.3, -0.25) is 0 Å². The average molecular weight is 345 g/mol. The van der Waals surface area contributed by atoms with Crippen molar-refractivity contribution < 1.29 is 0 Å². The van der Waals surface area contributed by atoms with Crippen LogP contribution in [0.5, 0.6) is 0 Å². The number of nitrogens with one attached hydrogen (secondary N) is 1. The second-order valence-electron chi connectivity index (χ2n) is 5.77. The van der Waals surface area contributed by atoms with Crippen LogP contribution in [0.2, 0.25) is 0 Å². The SMILES string of the molecule is CNC(C)c1ccc(N2c3ccccc3CC2C)c(Br)c1. The first kappa shape index (κ1) is 14.6. The fourth-order valence-corrected chi connectivity index (χ4v) is 3.67. The maximum Gasteiger partial charge on any atom is 0.0558 e. The van der Waals surface area contributed by atoms with Gasteiger partial charge in [-0.05, 0) is 72.6 Å². The molecule has 0 aromatic heterocycles. The summed E-state index contributed by atoms with van der Waals surface area (Å²) in [7, 11) is 1.99. The Labute approximate surface area is 135 Å². The maximum atomic E-state index is 3.76. The topological polar surface area (TPSA) is 15.3 Å². The molecule has 3 rings (SSSR count). The molecule has 0 radical (unpaired) electrons. The van der Waals surface area contributed by atoms with Crippen LogP contribution in [0.1, 0.15) is 31.0 Å². The third-order valence-electron chi connectivity index (χ3n) is 4.37. The van der Waals surface area contributed by atoms with E-state index in [-0.39, 0.29) is 0 Å². The lowest BCUT2D eigenvalue weighted by molar-refractivity contribution is 0.651. The van der Waals surface area contributed by atoms with Crippen LogP contribution >= 0.6 is 15.9 Å². The van der Waals surface area contributed by atoms with Crippen molar-refractivity contribution in [2.75, 3.05) is 11.9 Å².